The van der Waals surface area contributed by atoms with E-state index >= 15 is 0 Å². The van der Waals surface area contributed by atoms with Crippen LogP contribution in [0.2, 0.25) is 0 Å². The molecular weight excluding hydrogens is 294 g/mol. The van der Waals surface area contributed by atoms with Gasteiger partial charge < -0.3 is 9.42 Å². The van der Waals surface area contributed by atoms with Crippen LogP contribution < -0.4 is 0 Å². The van der Waals surface area contributed by atoms with Gasteiger partial charge in [-0.05, 0) is 31.9 Å². The molecule has 2 aliphatic rings. The Hall–Kier alpha value is -2.15. The van der Waals surface area contributed by atoms with Crippen LogP contribution in [0.25, 0.3) is 0 Å². The number of amides is 1. The fourth-order valence-corrected chi connectivity index (χ4v) is 4.07. The van der Waals surface area contributed by atoms with Crippen LogP contribution in [0.1, 0.15) is 23.4 Å². The lowest BCUT2D eigenvalue weighted by molar-refractivity contribution is 0.0568. The minimum Gasteiger partial charge on any atom is -0.351 e. The average Bonchev–Trinajstić information content (AvgIpc) is 3.30. The van der Waals surface area contributed by atoms with Gasteiger partial charge in [0.25, 0.3) is 5.91 Å². The first-order chi connectivity index (χ1) is 11.2. The zero-order valence-corrected chi connectivity index (χ0v) is 13.2. The zero-order chi connectivity index (χ0) is 15.8. The van der Waals surface area contributed by atoms with Crippen molar-refractivity contribution in [2.45, 2.75) is 31.5 Å². The summed E-state index contributed by atoms with van der Waals surface area (Å²) in [7, 11) is 2.20. The molecule has 0 spiro atoms. The summed E-state index contributed by atoms with van der Waals surface area (Å²) >= 11 is 0. The van der Waals surface area contributed by atoms with Crippen LogP contribution in [0.15, 0.2) is 35.2 Å². The molecule has 0 saturated carbocycles. The molecule has 2 aromatic heterocycles. The number of aromatic nitrogens is 3. The monoisotopic (exact) mass is 315 g/mol. The third-order valence-electron chi connectivity index (χ3n) is 5.26. The van der Waals surface area contributed by atoms with Crippen LogP contribution in [0, 0.1) is 5.92 Å². The van der Waals surface area contributed by atoms with Gasteiger partial charge >= 0.3 is 0 Å². The molecule has 2 aliphatic heterocycles. The standard InChI is InChI=1S/C16H21N5O2/c1-19-13(11-21-7-2-5-17-21)9-12-10-20(8-4-14(12)19)16(22)15-3-6-18-23-15/h2-3,5-7,12-14H,4,8-11H2,1H3/t12-,13+,14+/m0/s1. The molecule has 3 atom stereocenters. The number of fused-ring (bicyclic) bond motifs is 1. The molecule has 23 heavy (non-hydrogen) atoms. The summed E-state index contributed by atoms with van der Waals surface area (Å²) < 4.78 is 7.00. The smallest absolute Gasteiger partial charge is 0.292 e. The van der Waals surface area contributed by atoms with E-state index in [-0.39, 0.29) is 5.91 Å². The van der Waals surface area contributed by atoms with E-state index in [0.29, 0.717) is 23.8 Å². The highest BCUT2D eigenvalue weighted by Crippen LogP contribution is 2.35. The quantitative estimate of drug-likeness (QED) is 0.849. The molecule has 0 aromatic carbocycles. The number of nitrogens with zero attached hydrogens (tertiary/aromatic N) is 5. The van der Waals surface area contributed by atoms with Gasteiger partial charge in [-0.25, -0.2) is 0 Å². The fourth-order valence-electron chi connectivity index (χ4n) is 4.07. The summed E-state index contributed by atoms with van der Waals surface area (Å²) in [5, 5.41) is 7.94. The molecule has 2 aromatic rings. The SMILES string of the molecule is CN1[C@@H](Cn2cccn2)C[C@H]2CN(C(=O)c3ccno3)CC[C@H]21. The zero-order valence-electron chi connectivity index (χ0n) is 13.2. The first-order valence-electron chi connectivity index (χ1n) is 8.11. The molecule has 0 N–H and O–H groups in total. The van der Waals surface area contributed by atoms with E-state index in [9.17, 15) is 4.79 Å². The van der Waals surface area contributed by atoms with Gasteiger partial charge in [0.05, 0.1) is 12.7 Å². The van der Waals surface area contributed by atoms with Crippen LogP contribution in [0.5, 0.6) is 0 Å². The summed E-state index contributed by atoms with van der Waals surface area (Å²) in [5.74, 6) is 0.809. The van der Waals surface area contributed by atoms with Crippen molar-refractivity contribution >= 4 is 5.91 Å². The molecule has 7 heteroatoms. The maximum atomic E-state index is 12.4. The minimum atomic E-state index is -0.0425. The number of carbonyl (C=O) groups excluding carboxylic acids is 1. The Morgan fingerprint density at radius 2 is 2.35 bits per heavy atom. The molecular formula is C16H21N5O2. The van der Waals surface area contributed by atoms with Crippen LogP contribution in [-0.2, 0) is 6.54 Å². The number of carbonyl (C=O) groups is 1. The number of piperidine rings is 1. The normalized spacial score (nSPS) is 28.0. The van der Waals surface area contributed by atoms with Crippen LogP contribution in [0.4, 0.5) is 0 Å². The van der Waals surface area contributed by atoms with Gasteiger partial charge in [0.2, 0.25) is 5.76 Å². The molecule has 0 unspecified atom stereocenters. The molecule has 0 radical (unpaired) electrons. The van der Waals surface area contributed by atoms with Gasteiger partial charge in [0, 0.05) is 43.6 Å². The number of hydrogen-bond donors (Lipinski definition) is 0. The van der Waals surface area contributed by atoms with Gasteiger partial charge in [-0.1, -0.05) is 5.16 Å². The van der Waals surface area contributed by atoms with Gasteiger partial charge in [-0.15, -0.1) is 0 Å². The van der Waals surface area contributed by atoms with Crippen molar-refractivity contribution in [3.63, 3.8) is 0 Å². The topological polar surface area (TPSA) is 67.4 Å². The number of likely N-dealkylation sites (N-methyl/N-ethyl adjacent to an activating group) is 1. The second-order valence-corrected chi connectivity index (χ2v) is 6.53. The van der Waals surface area contributed by atoms with Crippen molar-refractivity contribution in [1.82, 2.24) is 24.7 Å². The van der Waals surface area contributed by atoms with Crippen molar-refractivity contribution < 1.29 is 9.32 Å². The number of rotatable bonds is 3. The Morgan fingerprint density at radius 1 is 1.43 bits per heavy atom. The predicted octanol–water partition coefficient (Wildman–Crippen LogP) is 1.11. The van der Waals surface area contributed by atoms with Gasteiger partial charge in [0.15, 0.2) is 0 Å². The molecule has 2 fully saturated rings. The molecule has 122 valence electrons. The van der Waals surface area contributed by atoms with Crippen molar-refractivity contribution in [1.29, 1.82) is 0 Å². The molecule has 7 nitrogen and oxygen atoms in total. The average molecular weight is 315 g/mol. The highest BCUT2D eigenvalue weighted by Gasteiger charge is 2.43. The Labute approximate surface area is 134 Å². The largest absolute Gasteiger partial charge is 0.351 e. The summed E-state index contributed by atoms with van der Waals surface area (Å²) in [4.78, 5) is 16.8. The Balaban J connectivity index is 1.43. The van der Waals surface area contributed by atoms with Gasteiger partial charge in [-0.2, -0.15) is 5.10 Å². The number of hydrogen-bond acceptors (Lipinski definition) is 5. The predicted molar refractivity (Wildman–Crippen MR) is 82.7 cm³/mol. The van der Waals surface area contributed by atoms with E-state index in [1.807, 2.05) is 28.0 Å². The highest BCUT2D eigenvalue weighted by atomic mass is 16.5. The lowest BCUT2D eigenvalue weighted by Crippen LogP contribution is -2.47. The van der Waals surface area contributed by atoms with Gasteiger partial charge in [0.1, 0.15) is 0 Å². The van der Waals surface area contributed by atoms with Gasteiger partial charge in [-0.3, -0.25) is 14.4 Å². The lowest BCUT2D eigenvalue weighted by Gasteiger charge is -2.36. The van der Waals surface area contributed by atoms with E-state index in [2.05, 4.69) is 22.2 Å². The van der Waals surface area contributed by atoms with Crippen molar-refractivity contribution in [2.75, 3.05) is 20.1 Å². The molecule has 2 saturated heterocycles. The maximum absolute atomic E-state index is 12.4. The summed E-state index contributed by atoms with van der Waals surface area (Å²) in [6, 6.07) is 4.62. The van der Waals surface area contributed by atoms with E-state index in [0.717, 1.165) is 32.5 Å². The fraction of sp³-hybridized carbons (Fsp3) is 0.562. The first-order valence-corrected chi connectivity index (χ1v) is 8.11. The first kappa shape index (κ1) is 14.4. The van der Waals surface area contributed by atoms with Crippen molar-refractivity contribution in [2.24, 2.45) is 5.92 Å². The second-order valence-electron chi connectivity index (χ2n) is 6.53. The Kier molecular flexibility index (Phi) is 3.65. The van der Waals surface area contributed by atoms with E-state index < -0.39 is 0 Å². The molecule has 4 rings (SSSR count). The minimum absolute atomic E-state index is 0.0425. The Bertz CT molecular complexity index is 654. The summed E-state index contributed by atoms with van der Waals surface area (Å²) in [6.45, 7) is 2.48. The van der Waals surface area contributed by atoms with E-state index in [1.165, 1.54) is 6.20 Å². The number of likely N-dealkylation sites (tertiary alicyclic amines) is 2. The van der Waals surface area contributed by atoms with Crippen molar-refractivity contribution in [3.8, 4) is 0 Å². The second kappa shape index (κ2) is 5.81. The third kappa shape index (κ3) is 2.65. The molecule has 0 bridgehead atoms. The summed E-state index contributed by atoms with van der Waals surface area (Å²) in [6.07, 6.45) is 7.46. The van der Waals surface area contributed by atoms with Crippen LogP contribution >= 0.6 is 0 Å². The van der Waals surface area contributed by atoms with Crippen molar-refractivity contribution in [3.05, 3.63) is 36.5 Å². The molecule has 4 heterocycles. The molecule has 1 amide bonds. The van der Waals surface area contributed by atoms with E-state index in [1.54, 1.807) is 6.07 Å². The highest BCUT2D eigenvalue weighted by molar-refractivity contribution is 5.91. The van der Waals surface area contributed by atoms with E-state index in [4.69, 9.17) is 4.52 Å². The van der Waals surface area contributed by atoms with Crippen LogP contribution in [0.3, 0.4) is 0 Å². The van der Waals surface area contributed by atoms with Crippen LogP contribution in [-0.4, -0.2) is 62.9 Å². The molecule has 0 aliphatic carbocycles. The summed E-state index contributed by atoms with van der Waals surface area (Å²) in [5.41, 5.74) is 0. The lowest BCUT2D eigenvalue weighted by atomic mass is 9.92. The third-order valence-corrected chi connectivity index (χ3v) is 5.26. The maximum Gasteiger partial charge on any atom is 0.292 e. The Morgan fingerprint density at radius 3 is 3.09 bits per heavy atom.